The topological polar surface area (TPSA) is 405 Å². The molecule has 0 aliphatic carbocycles. The van der Waals surface area contributed by atoms with Crippen LogP contribution in [0.2, 0.25) is 0 Å². The van der Waals surface area contributed by atoms with Crippen molar-refractivity contribution in [2.75, 3.05) is 29.8 Å². The molecule has 0 spiro atoms. The van der Waals surface area contributed by atoms with E-state index in [2.05, 4.69) is 62.5 Å². The zero-order valence-electron chi connectivity index (χ0n) is 42.2. The second-order valence-electron chi connectivity index (χ2n) is 18.8. The van der Waals surface area contributed by atoms with Crippen molar-refractivity contribution in [3.8, 4) is 0 Å². The van der Waals surface area contributed by atoms with Gasteiger partial charge in [0, 0.05) is 0 Å². The Labute approximate surface area is 440 Å². The standard InChI is InChI=1S/C47H56N12O16S2/c1-22(2)36-46(68)74-17-32(54-40(62)30-15-48-26-11-7-9-13-28(26)52-30)42(64)50-25(6)39(61)57-35-20-77(72,73)21-76(70,71)19-34(44(66)58-36)56-38(60)24(5)51-43(65)33(18-75-47(69)37(23(3)4)59-45(35)67)55-41(63)31-16-49-27-12-8-10-14-29(27)53-31/h7-16,22-25,32-37H,17-21H2,1-6H3,(H,50,64)(H,51,65)(H,54,62)(H,55,63)(H,56,60)(H,57,61)(H,58,66)(H,59,67)/t24-,25-,32+,33+,34-,35-,36-,37-/m0/s1. The molecule has 8 amide bonds. The first-order valence-electron chi connectivity index (χ1n) is 23.8. The van der Waals surface area contributed by atoms with Gasteiger partial charge in [-0.1, -0.05) is 52.0 Å². The van der Waals surface area contributed by atoms with Gasteiger partial charge in [0.25, 0.3) is 11.8 Å². The Bertz CT molecular complexity index is 3020. The smallest absolute Gasteiger partial charge is 0.328 e. The molecule has 6 rings (SSSR count). The molecule has 2 aromatic heterocycles. The average Bonchev–Trinajstić information content (AvgIpc) is 3.37. The molecule has 30 heteroatoms. The molecule has 0 saturated carbocycles. The van der Waals surface area contributed by atoms with Crippen molar-refractivity contribution in [3.05, 3.63) is 72.3 Å². The highest BCUT2D eigenvalue weighted by Gasteiger charge is 2.40. The number of ether oxygens (including phenoxy) is 2. The number of aromatic nitrogens is 4. The van der Waals surface area contributed by atoms with Crippen LogP contribution in [-0.2, 0) is 67.5 Å². The lowest BCUT2D eigenvalue weighted by atomic mass is 10.0. The van der Waals surface area contributed by atoms with E-state index >= 15 is 0 Å². The summed E-state index contributed by atoms with van der Waals surface area (Å²) >= 11 is 0. The van der Waals surface area contributed by atoms with E-state index in [4.69, 9.17) is 9.47 Å². The number of hydrogen-bond acceptors (Lipinski definition) is 20. The van der Waals surface area contributed by atoms with Gasteiger partial charge in [0.2, 0.25) is 35.4 Å². The van der Waals surface area contributed by atoms with Gasteiger partial charge in [-0.3, -0.25) is 48.3 Å². The van der Waals surface area contributed by atoms with Crippen LogP contribution in [0.5, 0.6) is 0 Å². The van der Waals surface area contributed by atoms with E-state index in [-0.39, 0.29) is 11.4 Å². The lowest BCUT2D eigenvalue weighted by Gasteiger charge is -2.27. The molecule has 77 heavy (non-hydrogen) atoms. The Kier molecular flexibility index (Phi) is 18.5. The van der Waals surface area contributed by atoms with E-state index in [1.807, 2.05) is 0 Å². The number of sulfone groups is 2. The third-order valence-electron chi connectivity index (χ3n) is 11.8. The van der Waals surface area contributed by atoms with Gasteiger partial charge in [0.1, 0.15) is 72.9 Å². The maximum absolute atomic E-state index is 14.2. The molecule has 2 aromatic carbocycles. The van der Waals surface area contributed by atoms with Crippen LogP contribution >= 0.6 is 0 Å². The quantitative estimate of drug-likeness (QED) is 0.0874. The van der Waals surface area contributed by atoms with Gasteiger partial charge in [-0.15, -0.1) is 0 Å². The first kappa shape index (κ1) is 58.0. The number of rotatable bonds is 6. The van der Waals surface area contributed by atoms with E-state index in [1.54, 1.807) is 48.5 Å². The van der Waals surface area contributed by atoms with Gasteiger partial charge < -0.3 is 52.0 Å². The van der Waals surface area contributed by atoms with E-state index in [0.29, 0.717) is 22.1 Å². The maximum Gasteiger partial charge on any atom is 0.328 e. The van der Waals surface area contributed by atoms with Crippen molar-refractivity contribution in [2.45, 2.75) is 89.9 Å². The van der Waals surface area contributed by atoms with Crippen molar-refractivity contribution in [1.82, 2.24) is 62.5 Å². The molecule has 2 bridgehead atoms. The van der Waals surface area contributed by atoms with Gasteiger partial charge in [0.05, 0.1) is 46.0 Å². The van der Waals surface area contributed by atoms with Crippen LogP contribution in [-0.4, -0.2) is 174 Å². The lowest BCUT2D eigenvalue weighted by molar-refractivity contribution is -0.152. The Morgan fingerprint density at radius 3 is 1.22 bits per heavy atom. The summed E-state index contributed by atoms with van der Waals surface area (Å²) in [4.78, 5) is 156. The van der Waals surface area contributed by atoms with Gasteiger partial charge in [-0.05, 0) is 49.9 Å². The number of hydrogen-bond donors (Lipinski definition) is 8. The fourth-order valence-corrected chi connectivity index (χ4v) is 12.0. The van der Waals surface area contributed by atoms with Gasteiger partial charge >= 0.3 is 11.9 Å². The SMILES string of the molecule is CC(C)[C@@H]1NC(=O)[C@@H]2CS(=O)(=O)CS(=O)(=O)C[C@H](NC(=O)[C@H](C)NC(=O)[C@H](NC(=O)c3cnc4ccccc4n3)COC1=O)C(=O)N[C@@H](C(C)C)C(=O)OC[C@@H](NC(=O)c1cnc3ccccc3n1)C(=O)N[C@@H](C)C(=O)N2. The summed E-state index contributed by atoms with van der Waals surface area (Å²) in [5.41, 5.74) is 0.839. The predicted molar refractivity (Wildman–Crippen MR) is 269 cm³/mol. The minimum absolute atomic E-state index is 0.294. The van der Waals surface area contributed by atoms with E-state index in [0.717, 1.165) is 26.2 Å². The average molecular weight is 1110 g/mol. The number of nitrogens with one attached hydrogen (secondary N) is 8. The molecule has 0 radical (unpaired) electrons. The number of amides is 8. The highest BCUT2D eigenvalue weighted by Crippen LogP contribution is 2.14. The number of esters is 2. The molecule has 2 aliphatic rings. The molecule has 0 unspecified atom stereocenters. The Morgan fingerprint density at radius 1 is 0.519 bits per heavy atom. The summed E-state index contributed by atoms with van der Waals surface area (Å²) in [7, 11) is -10.2. The van der Waals surface area contributed by atoms with E-state index < -0.39 is 169 Å². The van der Waals surface area contributed by atoms with Crippen molar-refractivity contribution in [1.29, 1.82) is 0 Å². The summed E-state index contributed by atoms with van der Waals surface area (Å²) in [6.45, 7) is 5.90. The first-order valence-corrected chi connectivity index (χ1v) is 27.5. The molecule has 4 heterocycles. The third kappa shape index (κ3) is 15.4. The Morgan fingerprint density at radius 2 is 0.870 bits per heavy atom. The van der Waals surface area contributed by atoms with E-state index in [1.165, 1.54) is 27.7 Å². The number of para-hydroxylation sites is 4. The number of fused-ring (bicyclic) bond motifs is 8. The molecule has 4 aromatic rings. The van der Waals surface area contributed by atoms with Crippen molar-refractivity contribution in [3.63, 3.8) is 0 Å². The number of carbonyl (C=O) groups is 10. The summed E-state index contributed by atoms with van der Waals surface area (Å²) in [5.74, 6) is -17.0. The van der Waals surface area contributed by atoms with Crippen LogP contribution in [0.1, 0.15) is 62.5 Å². The van der Waals surface area contributed by atoms with E-state index in [9.17, 15) is 64.8 Å². The summed E-state index contributed by atoms with van der Waals surface area (Å²) in [6, 6.07) is -2.03. The van der Waals surface area contributed by atoms with Crippen LogP contribution in [0.15, 0.2) is 60.9 Å². The Balaban J connectivity index is 1.40. The van der Waals surface area contributed by atoms with Crippen LogP contribution in [0.25, 0.3) is 22.1 Å². The molecule has 2 fully saturated rings. The summed E-state index contributed by atoms with van der Waals surface area (Å²) < 4.78 is 66.5. The minimum Gasteiger partial charge on any atom is -0.461 e. The molecule has 2 saturated heterocycles. The fourth-order valence-electron chi connectivity index (χ4n) is 7.57. The molecule has 2 aliphatic heterocycles. The molecule has 412 valence electrons. The molecular weight excluding hydrogens is 1050 g/mol. The third-order valence-corrected chi connectivity index (χ3v) is 16.4. The Hall–Kier alpha value is -8.28. The largest absolute Gasteiger partial charge is 0.461 e. The van der Waals surface area contributed by atoms with Crippen LogP contribution < -0.4 is 42.5 Å². The number of carbonyl (C=O) groups excluding carboxylic acids is 10. The summed E-state index contributed by atoms with van der Waals surface area (Å²) in [5, 5.41) is 16.3. The van der Waals surface area contributed by atoms with Crippen molar-refractivity contribution in [2.24, 2.45) is 11.8 Å². The number of nitrogens with zero attached hydrogens (tertiary/aromatic N) is 4. The second-order valence-corrected chi connectivity index (χ2v) is 23.4. The van der Waals surface area contributed by atoms with Crippen LogP contribution in [0.4, 0.5) is 0 Å². The molecule has 28 nitrogen and oxygen atoms in total. The second kappa shape index (κ2) is 24.6. The van der Waals surface area contributed by atoms with Crippen molar-refractivity contribution < 1.29 is 74.3 Å². The minimum atomic E-state index is -5.09. The van der Waals surface area contributed by atoms with Gasteiger partial charge in [-0.2, -0.15) is 0 Å². The highest BCUT2D eigenvalue weighted by atomic mass is 32.3. The zero-order chi connectivity index (χ0) is 56.5. The summed E-state index contributed by atoms with van der Waals surface area (Å²) in [6.07, 6.45) is 2.20. The zero-order valence-corrected chi connectivity index (χ0v) is 43.9. The lowest BCUT2D eigenvalue weighted by Crippen LogP contribution is -2.60. The van der Waals surface area contributed by atoms with Crippen molar-refractivity contribution >= 4 is 101 Å². The number of benzene rings is 2. The van der Waals surface area contributed by atoms with Gasteiger partial charge in [0.15, 0.2) is 24.8 Å². The first-order chi connectivity index (χ1) is 36.2. The fraction of sp³-hybridized carbons (Fsp3) is 0.447. The van der Waals surface area contributed by atoms with Crippen LogP contribution in [0.3, 0.4) is 0 Å². The normalized spacial score (nSPS) is 25.5. The molecule has 8 N–H and O–H groups in total. The molecule has 8 atom stereocenters. The number of cyclic esters (lactones) is 2. The molecular formula is C47H56N12O16S2. The monoisotopic (exact) mass is 1110 g/mol. The maximum atomic E-state index is 14.2. The predicted octanol–water partition coefficient (Wildman–Crippen LogP) is -3.37. The van der Waals surface area contributed by atoms with Crippen LogP contribution in [0, 0.1) is 11.8 Å². The highest BCUT2D eigenvalue weighted by molar-refractivity contribution is 8.08. The van der Waals surface area contributed by atoms with Gasteiger partial charge in [-0.25, -0.2) is 36.4 Å².